The molecule has 1 saturated heterocycles. The molecule has 0 unspecified atom stereocenters. The van der Waals surface area contributed by atoms with Gasteiger partial charge in [0.05, 0.1) is 22.5 Å². The third-order valence-corrected chi connectivity index (χ3v) is 5.80. The normalized spacial score (nSPS) is 22.2. The quantitative estimate of drug-likeness (QED) is 0.858. The van der Waals surface area contributed by atoms with Gasteiger partial charge in [0.25, 0.3) is 5.91 Å². The van der Waals surface area contributed by atoms with Crippen LogP contribution in [0, 0.1) is 12.8 Å². The zero-order valence-corrected chi connectivity index (χ0v) is 15.7. The van der Waals surface area contributed by atoms with Crippen molar-refractivity contribution in [2.24, 2.45) is 5.92 Å². The maximum Gasteiger partial charge on any atom is 0.255 e. The molecule has 4 rings (SSSR count). The Morgan fingerprint density at radius 1 is 1.19 bits per heavy atom. The number of carbonyl (C=O) groups is 1. The van der Waals surface area contributed by atoms with Crippen molar-refractivity contribution in [3.8, 4) is 0 Å². The molecule has 26 heavy (non-hydrogen) atoms. The molecule has 5 nitrogen and oxygen atoms in total. The van der Waals surface area contributed by atoms with E-state index >= 15 is 0 Å². The van der Waals surface area contributed by atoms with Crippen molar-refractivity contribution in [2.75, 3.05) is 11.9 Å². The second-order valence-electron chi connectivity index (χ2n) is 7.27. The molecule has 2 atom stereocenters. The van der Waals surface area contributed by atoms with E-state index in [9.17, 15) is 4.79 Å². The highest BCUT2D eigenvalue weighted by molar-refractivity contribution is 6.33. The number of carbonyl (C=O) groups excluding carboxylic acids is 1. The Balaban J connectivity index is 1.51. The highest BCUT2D eigenvalue weighted by Gasteiger charge is 2.37. The summed E-state index contributed by atoms with van der Waals surface area (Å²) in [6.45, 7) is 2.78. The average molecular weight is 371 g/mol. The van der Waals surface area contributed by atoms with Crippen molar-refractivity contribution >= 4 is 29.0 Å². The summed E-state index contributed by atoms with van der Waals surface area (Å²) in [6, 6.07) is 5.96. The predicted molar refractivity (Wildman–Crippen MR) is 103 cm³/mol. The number of likely N-dealkylation sites (tertiary alicyclic amines) is 1. The van der Waals surface area contributed by atoms with Crippen molar-refractivity contribution < 1.29 is 4.79 Å². The van der Waals surface area contributed by atoms with Gasteiger partial charge in [-0.1, -0.05) is 18.0 Å². The number of halogens is 1. The van der Waals surface area contributed by atoms with Crippen LogP contribution in [0.4, 0.5) is 11.5 Å². The Labute approximate surface area is 158 Å². The van der Waals surface area contributed by atoms with Crippen LogP contribution in [-0.2, 0) is 0 Å². The second kappa shape index (κ2) is 7.23. The number of piperidine rings is 1. The molecular formula is C20H23ClN4O. The van der Waals surface area contributed by atoms with Gasteiger partial charge in [-0.05, 0) is 56.7 Å². The van der Waals surface area contributed by atoms with Crippen molar-refractivity contribution in [1.29, 1.82) is 0 Å². The summed E-state index contributed by atoms with van der Waals surface area (Å²) in [5.74, 6) is 1.26. The number of aromatic nitrogens is 2. The van der Waals surface area contributed by atoms with Crippen LogP contribution in [0.1, 0.15) is 48.2 Å². The summed E-state index contributed by atoms with van der Waals surface area (Å²) in [5.41, 5.74) is 2.33. The summed E-state index contributed by atoms with van der Waals surface area (Å²) in [6.07, 6.45) is 9.30. The minimum atomic E-state index is 0.0551. The number of fused-ring (bicyclic) bond motifs is 1. The summed E-state index contributed by atoms with van der Waals surface area (Å²) >= 11 is 6.39. The Kier molecular flexibility index (Phi) is 4.81. The molecular weight excluding hydrogens is 348 g/mol. The largest absolute Gasteiger partial charge is 0.338 e. The van der Waals surface area contributed by atoms with Crippen LogP contribution in [0.15, 0.2) is 30.6 Å². The van der Waals surface area contributed by atoms with E-state index in [0.29, 0.717) is 28.4 Å². The van der Waals surface area contributed by atoms with Gasteiger partial charge >= 0.3 is 0 Å². The second-order valence-corrected chi connectivity index (χ2v) is 7.67. The van der Waals surface area contributed by atoms with Crippen molar-refractivity contribution in [1.82, 2.24) is 14.9 Å². The van der Waals surface area contributed by atoms with Gasteiger partial charge in [-0.2, -0.15) is 0 Å². The summed E-state index contributed by atoms with van der Waals surface area (Å²) in [5, 5.41) is 3.59. The summed E-state index contributed by atoms with van der Waals surface area (Å²) in [7, 11) is 0. The van der Waals surface area contributed by atoms with Gasteiger partial charge in [-0.25, -0.2) is 4.98 Å². The standard InChI is InChI=1S/C20H23ClN4O/c1-13-7-8-16(12-22-13)24-19-17(21)10-15(11-23-19)20(26)25-9-3-5-14-4-2-6-18(14)25/h7-8,10-12,14,18H,2-6,9H2,1H3,(H,23,24)/t14-,18-/m0/s1. The third-order valence-electron chi connectivity index (χ3n) is 5.52. The van der Waals surface area contributed by atoms with Crippen LogP contribution in [0.3, 0.4) is 0 Å². The SMILES string of the molecule is Cc1ccc(Nc2ncc(C(=O)N3CCC[C@@H]4CCC[C@@H]43)cc2Cl)cn1. The van der Waals surface area contributed by atoms with E-state index < -0.39 is 0 Å². The first-order valence-electron chi connectivity index (χ1n) is 9.28. The lowest BCUT2D eigenvalue weighted by Gasteiger charge is -2.37. The van der Waals surface area contributed by atoms with Gasteiger partial charge in [0, 0.05) is 24.5 Å². The molecule has 6 heteroatoms. The molecule has 0 spiro atoms. The number of hydrogen-bond donors (Lipinski definition) is 1. The molecule has 2 fully saturated rings. The van der Waals surface area contributed by atoms with E-state index in [-0.39, 0.29) is 5.91 Å². The molecule has 1 N–H and O–H groups in total. The summed E-state index contributed by atoms with van der Waals surface area (Å²) < 4.78 is 0. The van der Waals surface area contributed by atoms with E-state index in [4.69, 9.17) is 11.6 Å². The fraction of sp³-hybridized carbons (Fsp3) is 0.450. The van der Waals surface area contributed by atoms with Crippen LogP contribution in [0.5, 0.6) is 0 Å². The van der Waals surface area contributed by atoms with E-state index in [2.05, 4.69) is 15.3 Å². The highest BCUT2D eigenvalue weighted by atomic mass is 35.5. The molecule has 2 aliphatic rings. The Morgan fingerprint density at radius 3 is 2.81 bits per heavy atom. The first kappa shape index (κ1) is 17.3. The number of nitrogens with zero attached hydrogens (tertiary/aromatic N) is 3. The third kappa shape index (κ3) is 3.40. The van der Waals surface area contributed by atoms with Gasteiger partial charge in [0.15, 0.2) is 0 Å². The lowest BCUT2D eigenvalue weighted by atomic mass is 9.91. The highest BCUT2D eigenvalue weighted by Crippen LogP contribution is 2.37. The van der Waals surface area contributed by atoms with Crippen LogP contribution in [0.25, 0.3) is 0 Å². The molecule has 0 aromatic carbocycles. The maximum absolute atomic E-state index is 13.0. The van der Waals surface area contributed by atoms with Crippen LogP contribution in [0.2, 0.25) is 5.02 Å². The van der Waals surface area contributed by atoms with Crippen molar-refractivity contribution in [3.05, 3.63) is 46.9 Å². The maximum atomic E-state index is 13.0. The fourth-order valence-corrected chi connectivity index (χ4v) is 4.41. The lowest BCUT2D eigenvalue weighted by molar-refractivity contribution is 0.0548. The van der Waals surface area contributed by atoms with Gasteiger partial charge in [-0.3, -0.25) is 9.78 Å². The average Bonchev–Trinajstić information content (AvgIpc) is 3.13. The van der Waals surface area contributed by atoms with Gasteiger partial charge < -0.3 is 10.2 Å². The van der Waals surface area contributed by atoms with Crippen LogP contribution < -0.4 is 5.32 Å². The number of aryl methyl sites for hydroxylation is 1. The number of rotatable bonds is 3. The minimum absolute atomic E-state index is 0.0551. The van der Waals surface area contributed by atoms with Crippen LogP contribution >= 0.6 is 11.6 Å². The first-order chi connectivity index (χ1) is 12.6. The molecule has 3 heterocycles. The number of amides is 1. The zero-order chi connectivity index (χ0) is 18.1. The first-order valence-corrected chi connectivity index (χ1v) is 9.66. The smallest absolute Gasteiger partial charge is 0.255 e. The molecule has 0 bridgehead atoms. The van der Waals surface area contributed by atoms with Crippen molar-refractivity contribution in [3.63, 3.8) is 0 Å². The minimum Gasteiger partial charge on any atom is -0.338 e. The topological polar surface area (TPSA) is 58.1 Å². The molecule has 1 saturated carbocycles. The molecule has 1 aliphatic carbocycles. The summed E-state index contributed by atoms with van der Waals surface area (Å²) in [4.78, 5) is 23.7. The Bertz CT molecular complexity index is 808. The lowest BCUT2D eigenvalue weighted by Crippen LogP contribution is -2.46. The molecule has 1 amide bonds. The number of hydrogen-bond acceptors (Lipinski definition) is 4. The number of nitrogens with one attached hydrogen (secondary N) is 1. The fourth-order valence-electron chi connectivity index (χ4n) is 4.20. The number of anilines is 2. The van der Waals surface area contributed by atoms with Gasteiger partial charge in [0.2, 0.25) is 0 Å². The predicted octanol–water partition coefficient (Wildman–Crippen LogP) is 4.59. The van der Waals surface area contributed by atoms with Crippen molar-refractivity contribution in [2.45, 2.75) is 45.1 Å². The molecule has 2 aromatic rings. The van der Waals surface area contributed by atoms with E-state index in [1.54, 1.807) is 18.5 Å². The van der Waals surface area contributed by atoms with E-state index in [1.165, 1.54) is 19.3 Å². The molecule has 136 valence electrons. The zero-order valence-electron chi connectivity index (χ0n) is 14.9. The van der Waals surface area contributed by atoms with Gasteiger partial charge in [0.1, 0.15) is 5.82 Å². The van der Waals surface area contributed by atoms with E-state index in [0.717, 1.165) is 30.8 Å². The van der Waals surface area contributed by atoms with Crippen LogP contribution in [-0.4, -0.2) is 33.4 Å². The number of pyridine rings is 2. The molecule has 1 aliphatic heterocycles. The molecule has 0 radical (unpaired) electrons. The van der Waals surface area contributed by atoms with Gasteiger partial charge in [-0.15, -0.1) is 0 Å². The molecule has 2 aromatic heterocycles. The Hall–Kier alpha value is -2.14. The Morgan fingerprint density at radius 2 is 2.04 bits per heavy atom. The monoisotopic (exact) mass is 370 g/mol. The van der Waals surface area contributed by atoms with E-state index in [1.807, 2.05) is 24.0 Å².